The first kappa shape index (κ1) is 15.7. The van der Waals surface area contributed by atoms with Crippen LogP contribution < -0.4 is 4.74 Å². The fourth-order valence-corrected chi connectivity index (χ4v) is 3.05. The topological polar surface area (TPSA) is 26.5 Å². The standard InChI is InChI=1S/C21H17ClN2O/c1-15-11-17(19-13-24-10-3-2-7-21(24)23-19)8-9-20(15)25-14-16-5-4-6-18(22)12-16/h2-13H,14H2,1H3. The van der Waals surface area contributed by atoms with E-state index in [1.165, 1.54) is 0 Å². The van der Waals surface area contributed by atoms with Crippen molar-refractivity contribution in [2.45, 2.75) is 13.5 Å². The van der Waals surface area contributed by atoms with Crippen LogP contribution in [0.1, 0.15) is 11.1 Å². The Bertz CT molecular complexity index is 1010. The molecule has 0 spiro atoms. The molecule has 0 atom stereocenters. The third kappa shape index (κ3) is 3.37. The van der Waals surface area contributed by atoms with Crippen molar-refractivity contribution in [3.05, 3.63) is 89.2 Å². The molecule has 0 unspecified atom stereocenters. The van der Waals surface area contributed by atoms with Gasteiger partial charge in [0.1, 0.15) is 18.0 Å². The van der Waals surface area contributed by atoms with E-state index in [2.05, 4.69) is 11.1 Å². The number of pyridine rings is 1. The third-order valence-electron chi connectivity index (χ3n) is 4.12. The summed E-state index contributed by atoms with van der Waals surface area (Å²) in [5.74, 6) is 0.868. The minimum absolute atomic E-state index is 0.495. The number of imidazole rings is 1. The van der Waals surface area contributed by atoms with Crippen LogP contribution in [-0.4, -0.2) is 9.38 Å². The molecule has 3 nitrogen and oxygen atoms in total. The quantitative estimate of drug-likeness (QED) is 0.484. The Morgan fingerprint density at radius 1 is 1.04 bits per heavy atom. The Labute approximate surface area is 151 Å². The Hall–Kier alpha value is -2.78. The van der Waals surface area contributed by atoms with Crippen molar-refractivity contribution in [2.24, 2.45) is 0 Å². The summed E-state index contributed by atoms with van der Waals surface area (Å²) in [4.78, 5) is 4.66. The number of hydrogen-bond acceptors (Lipinski definition) is 2. The van der Waals surface area contributed by atoms with Gasteiger partial charge >= 0.3 is 0 Å². The maximum absolute atomic E-state index is 6.02. The van der Waals surface area contributed by atoms with Gasteiger partial charge in [0.25, 0.3) is 0 Å². The largest absolute Gasteiger partial charge is 0.489 e. The molecule has 0 bridgehead atoms. The monoisotopic (exact) mass is 348 g/mol. The molecule has 25 heavy (non-hydrogen) atoms. The molecule has 4 rings (SSSR count). The molecule has 0 aliphatic rings. The average molecular weight is 349 g/mol. The van der Waals surface area contributed by atoms with Crippen LogP contribution >= 0.6 is 11.6 Å². The number of nitrogens with zero attached hydrogens (tertiary/aromatic N) is 2. The average Bonchev–Trinajstić information content (AvgIpc) is 3.05. The van der Waals surface area contributed by atoms with Gasteiger partial charge in [-0.15, -0.1) is 0 Å². The highest BCUT2D eigenvalue weighted by Crippen LogP contribution is 2.26. The van der Waals surface area contributed by atoms with Crippen molar-refractivity contribution in [1.82, 2.24) is 9.38 Å². The molecule has 4 aromatic rings. The highest BCUT2D eigenvalue weighted by molar-refractivity contribution is 6.30. The SMILES string of the molecule is Cc1cc(-c2cn3ccccc3n2)ccc1OCc1cccc(Cl)c1. The van der Waals surface area contributed by atoms with E-state index in [-0.39, 0.29) is 0 Å². The molecular formula is C21H17ClN2O. The van der Waals surface area contributed by atoms with E-state index in [0.717, 1.165) is 38.8 Å². The van der Waals surface area contributed by atoms with E-state index in [9.17, 15) is 0 Å². The molecule has 0 saturated heterocycles. The zero-order valence-electron chi connectivity index (χ0n) is 13.8. The van der Waals surface area contributed by atoms with E-state index < -0.39 is 0 Å². The van der Waals surface area contributed by atoms with E-state index >= 15 is 0 Å². The van der Waals surface area contributed by atoms with Crippen LogP contribution in [0.4, 0.5) is 0 Å². The van der Waals surface area contributed by atoms with Gasteiger partial charge in [0.05, 0.1) is 5.69 Å². The maximum atomic E-state index is 6.02. The van der Waals surface area contributed by atoms with Gasteiger partial charge in [0, 0.05) is 23.0 Å². The lowest BCUT2D eigenvalue weighted by Gasteiger charge is -2.10. The Kier molecular flexibility index (Phi) is 4.16. The van der Waals surface area contributed by atoms with Crippen LogP contribution in [0, 0.1) is 6.92 Å². The number of hydrogen-bond donors (Lipinski definition) is 0. The second-order valence-electron chi connectivity index (χ2n) is 5.99. The number of halogens is 1. The number of ether oxygens (including phenoxy) is 1. The Balaban J connectivity index is 1.56. The predicted octanol–water partition coefficient (Wildman–Crippen LogP) is 5.54. The van der Waals surface area contributed by atoms with Crippen molar-refractivity contribution in [1.29, 1.82) is 0 Å². The van der Waals surface area contributed by atoms with Gasteiger partial charge in [-0.05, 0) is 60.5 Å². The zero-order chi connectivity index (χ0) is 17.2. The lowest BCUT2D eigenvalue weighted by atomic mass is 10.1. The first-order valence-corrected chi connectivity index (χ1v) is 8.49. The van der Waals surface area contributed by atoms with Crippen LogP contribution in [0.5, 0.6) is 5.75 Å². The minimum Gasteiger partial charge on any atom is -0.489 e. The number of aromatic nitrogens is 2. The highest BCUT2D eigenvalue weighted by Gasteiger charge is 2.07. The van der Waals surface area contributed by atoms with Gasteiger partial charge in [-0.2, -0.15) is 0 Å². The van der Waals surface area contributed by atoms with Gasteiger partial charge < -0.3 is 9.14 Å². The van der Waals surface area contributed by atoms with Crippen LogP contribution in [-0.2, 0) is 6.61 Å². The number of fused-ring (bicyclic) bond motifs is 1. The predicted molar refractivity (Wildman–Crippen MR) is 101 cm³/mol. The first-order valence-electron chi connectivity index (χ1n) is 8.11. The molecular weight excluding hydrogens is 332 g/mol. The lowest BCUT2D eigenvalue weighted by molar-refractivity contribution is 0.304. The van der Waals surface area contributed by atoms with Crippen LogP contribution in [0.2, 0.25) is 5.02 Å². The van der Waals surface area contributed by atoms with Gasteiger partial charge in [-0.25, -0.2) is 4.98 Å². The molecule has 0 aliphatic heterocycles. The fourth-order valence-electron chi connectivity index (χ4n) is 2.83. The number of benzene rings is 2. The molecule has 0 fully saturated rings. The minimum atomic E-state index is 0.495. The van der Waals surface area contributed by atoms with Gasteiger partial charge in [-0.3, -0.25) is 0 Å². The lowest BCUT2D eigenvalue weighted by Crippen LogP contribution is -1.97. The van der Waals surface area contributed by atoms with E-state index in [1.54, 1.807) is 0 Å². The van der Waals surface area contributed by atoms with Crippen LogP contribution in [0.15, 0.2) is 73.1 Å². The summed E-state index contributed by atoms with van der Waals surface area (Å²) in [7, 11) is 0. The molecule has 2 aromatic carbocycles. The maximum Gasteiger partial charge on any atom is 0.137 e. The summed E-state index contributed by atoms with van der Waals surface area (Å²) >= 11 is 6.02. The third-order valence-corrected chi connectivity index (χ3v) is 4.35. The van der Waals surface area contributed by atoms with Gasteiger partial charge in [0.15, 0.2) is 0 Å². The van der Waals surface area contributed by atoms with E-state index in [4.69, 9.17) is 16.3 Å². The summed E-state index contributed by atoms with van der Waals surface area (Å²) in [6.07, 6.45) is 4.04. The number of aryl methyl sites for hydroxylation is 1. The van der Waals surface area contributed by atoms with Crippen molar-refractivity contribution >= 4 is 17.2 Å². The molecule has 124 valence electrons. The molecule has 0 amide bonds. The summed E-state index contributed by atoms with van der Waals surface area (Å²) in [6, 6.07) is 19.9. The van der Waals surface area contributed by atoms with Crippen LogP contribution in [0.3, 0.4) is 0 Å². The Morgan fingerprint density at radius 3 is 2.76 bits per heavy atom. The Morgan fingerprint density at radius 2 is 1.96 bits per heavy atom. The summed E-state index contributed by atoms with van der Waals surface area (Å²) < 4.78 is 7.97. The molecule has 0 aliphatic carbocycles. The molecule has 0 N–H and O–H groups in total. The second kappa shape index (κ2) is 6.61. The smallest absolute Gasteiger partial charge is 0.137 e. The fraction of sp³-hybridized carbons (Fsp3) is 0.0952. The first-order chi connectivity index (χ1) is 12.2. The van der Waals surface area contributed by atoms with Crippen molar-refractivity contribution in [3.63, 3.8) is 0 Å². The van der Waals surface area contributed by atoms with Crippen molar-refractivity contribution in [2.75, 3.05) is 0 Å². The van der Waals surface area contributed by atoms with Crippen LogP contribution in [0.25, 0.3) is 16.9 Å². The summed E-state index contributed by atoms with van der Waals surface area (Å²) in [5, 5.41) is 0.722. The second-order valence-corrected chi connectivity index (χ2v) is 6.43. The van der Waals surface area contributed by atoms with E-state index in [1.807, 2.05) is 78.3 Å². The van der Waals surface area contributed by atoms with Gasteiger partial charge in [-0.1, -0.05) is 29.8 Å². The normalized spacial score (nSPS) is 11.0. The van der Waals surface area contributed by atoms with E-state index in [0.29, 0.717) is 6.61 Å². The molecule has 4 heteroatoms. The molecule has 2 heterocycles. The zero-order valence-corrected chi connectivity index (χ0v) is 14.6. The highest BCUT2D eigenvalue weighted by atomic mass is 35.5. The summed E-state index contributed by atoms with van der Waals surface area (Å²) in [5.41, 5.74) is 5.11. The summed E-state index contributed by atoms with van der Waals surface area (Å²) in [6.45, 7) is 2.54. The molecule has 2 aromatic heterocycles. The van der Waals surface area contributed by atoms with Crippen molar-refractivity contribution in [3.8, 4) is 17.0 Å². The number of rotatable bonds is 4. The molecule has 0 radical (unpaired) electrons. The van der Waals surface area contributed by atoms with Gasteiger partial charge in [0.2, 0.25) is 0 Å². The molecule has 0 saturated carbocycles. The van der Waals surface area contributed by atoms with Crippen molar-refractivity contribution < 1.29 is 4.74 Å².